The Bertz CT molecular complexity index is 493. The third kappa shape index (κ3) is 2.15. The number of rotatable bonds is 4. The molecule has 0 bridgehead atoms. The van der Waals surface area contributed by atoms with Crippen LogP contribution >= 0.6 is 11.3 Å². The molecule has 2 rings (SSSR count). The highest BCUT2D eigenvalue weighted by Gasteiger charge is 2.16. The van der Waals surface area contributed by atoms with Crippen molar-refractivity contribution in [2.75, 3.05) is 19.6 Å². The van der Waals surface area contributed by atoms with Crippen LogP contribution < -0.4 is 20.7 Å². The minimum Gasteiger partial charge on any atom is -0.496 e. The Morgan fingerprint density at radius 3 is 2.29 bits per heavy atom. The van der Waals surface area contributed by atoms with Crippen molar-refractivity contribution in [1.29, 1.82) is 0 Å². The molecule has 0 saturated heterocycles. The van der Waals surface area contributed by atoms with Crippen molar-refractivity contribution in [3.63, 3.8) is 0 Å². The molecule has 3 N–H and O–H groups in total. The number of hydrazine groups is 1. The Labute approximate surface area is 102 Å². The zero-order valence-corrected chi connectivity index (χ0v) is 10.2. The second-order valence-electron chi connectivity index (χ2n) is 3.09. The molecule has 0 aliphatic rings. The van der Waals surface area contributed by atoms with E-state index in [0.717, 1.165) is 5.56 Å². The monoisotopic (exact) mass is 252 g/mol. The standard InChI is InChI=1S/C10H12N4O2S/c1-15-6-4-3-5-7(16-2)8(6)9-13-14-10(12-11)17-9/h3-5H,11H2,1-2H3,(H,12,14). The van der Waals surface area contributed by atoms with Gasteiger partial charge in [0.1, 0.15) is 11.5 Å². The van der Waals surface area contributed by atoms with Gasteiger partial charge < -0.3 is 9.47 Å². The molecule has 0 atom stereocenters. The van der Waals surface area contributed by atoms with E-state index in [-0.39, 0.29) is 0 Å². The molecule has 0 radical (unpaired) electrons. The molecule has 0 aliphatic heterocycles. The molecule has 1 aromatic carbocycles. The quantitative estimate of drug-likeness (QED) is 0.634. The van der Waals surface area contributed by atoms with E-state index in [4.69, 9.17) is 15.3 Å². The van der Waals surface area contributed by atoms with Crippen molar-refractivity contribution in [2.45, 2.75) is 0 Å². The molecule has 7 heteroatoms. The Hall–Kier alpha value is -1.86. The fourth-order valence-electron chi connectivity index (χ4n) is 1.44. The van der Waals surface area contributed by atoms with Crippen LogP contribution in [-0.4, -0.2) is 24.4 Å². The normalized spacial score (nSPS) is 10.1. The Kier molecular flexibility index (Phi) is 3.40. The summed E-state index contributed by atoms with van der Waals surface area (Å²) < 4.78 is 10.6. The first-order chi connectivity index (χ1) is 8.30. The number of ether oxygens (including phenoxy) is 2. The minimum atomic E-state index is 0.535. The van der Waals surface area contributed by atoms with Crippen molar-refractivity contribution in [1.82, 2.24) is 10.2 Å². The number of hydrogen-bond acceptors (Lipinski definition) is 7. The average molecular weight is 252 g/mol. The zero-order valence-electron chi connectivity index (χ0n) is 9.43. The summed E-state index contributed by atoms with van der Waals surface area (Å²) in [4.78, 5) is 0. The van der Waals surface area contributed by atoms with Gasteiger partial charge in [-0.3, -0.25) is 5.43 Å². The maximum Gasteiger partial charge on any atom is 0.220 e. The van der Waals surface area contributed by atoms with Gasteiger partial charge in [0.15, 0.2) is 5.01 Å². The van der Waals surface area contributed by atoms with Crippen LogP contribution in [0.2, 0.25) is 0 Å². The SMILES string of the molecule is COc1cccc(OC)c1-c1nnc(NN)s1. The van der Waals surface area contributed by atoms with Crippen molar-refractivity contribution < 1.29 is 9.47 Å². The number of methoxy groups -OCH3 is 2. The molecule has 0 unspecified atom stereocenters. The molecule has 0 amide bonds. The summed E-state index contributed by atoms with van der Waals surface area (Å²) >= 11 is 1.33. The third-order valence-corrected chi connectivity index (χ3v) is 3.06. The molecule has 0 fully saturated rings. The van der Waals surface area contributed by atoms with E-state index in [0.29, 0.717) is 21.6 Å². The highest BCUT2D eigenvalue weighted by Crippen LogP contribution is 2.40. The van der Waals surface area contributed by atoms with Crippen LogP contribution in [0.15, 0.2) is 18.2 Å². The second-order valence-corrected chi connectivity index (χ2v) is 4.07. The van der Waals surface area contributed by atoms with Crippen LogP contribution in [0.5, 0.6) is 11.5 Å². The molecule has 17 heavy (non-hydrogen) atoms. The van der Waals surface area contributed by atoms with E-state index in [2.05, 4.69) is 15.6 Å². The fourth-order valence-corrected chi connectivity index (χ4v) is 2.15. The highest BCUT2D eigenvalue weighted by atomic mass is 32.1. The van der Waals surface area contributed by atoms with Crippen molar-refractivity contribution in [2.24, 2.45) is 5.84 Å². The van der Waals surface area contributed by atoms with Gasteiger partial charge in [0.25, 0.3) is 0 Å². The zero-order chi connectivity index (χ0) is 12.3. The summed E-state index contributed by atoms with van der Waals surface area (Å²) in [6.07, 6.45) is 0. The third-order valence-electron chi connectivity index (χ3n) is 2.19. The molecule has 1 heterocycles. The number of anilines is 1. The number of nitrogen functional groups attached to an aromatic ring is 1. The van der Waals surface area contributed by atoms with Gasteiger partial charge in [-0.25, -0.2) is 5.84 Å². The summed E-state index contributed by atoms with van der Waals surface area (Å²) in [5, 5.41) is 9.15. The first-order valence-corrected chi connectivity index (χ1v) is 5.63. The predicted molar refractivity (Wildman–Crippen MR) is 66.3 cm³/mol. The molecule has 0 spiro atoms. The van der Waals surface area contributed by atoms with E-state index in [1.165, 1.54) is 11.3 Å². The van der Waals surface area contributed by atoms with Gasteiger partial charge in [-0.15, -0.1) is 10.2 Å². The van der Waals surface area contributed by atoms with E-state index < -0.39 is 0 Å². The van der Waals surface area contributed by atoms with Gasteiger partial charge in [-0.05, 0) is 12.1 Å². The fraction of sp³-hybridized carbons (Fsp3) is 0.200. The summed E-state index contributed by atoms with van der Waals surface area (Å²) in [5.41, 5.74) is 3.23. The van der Waals surface area contributed by atoms with Gasteiger partial charge in [0, 0.05) is 0 Å². The molecule has 0 saturated carbocycles. The second kappa shape index (κ2) is 4.98. The van der Waals surface area contributed by atoms with Crippen LogP contribution in [0, 0.1) is 0 Å². The lowest BCUT2D eigenvalue weighted by atomic mass is 10.2. The number of hydrogen-bond donors (Lipinski definition) is 2. The number of nitrogens with zero attached hydrogens (tertiary/aromatic N) is 2. The van der Waals surface area contributed by atoms with Crippen LogP contribution in [0.1, 0.15) is 0 Å². The van der Waals surface area contributed by atoms with Gasteiger partial charge in [-0.2, -0.15) is 0 Å². The number of nitrogens with one attached hydrogen (secondary N) is 1. The summed E-state index contributed by atoms with van der Waals surface area (Å²) in [6.45, 7) is 0. The summed E-state index contributed by atoms with van der Waals surface area (Å²) in [5.74, 6) is 6.65. The Morgan fingerprint density at radius 2 is 1.82 bits per heavy atom. The minimum absolute atomic E-state index is 0.535. The Morgan fingerprint density at radius 1 is 1.18 bits per heavy atom. The molecule has 90 valence electrons. The van der Waals surface area contributed by atoms with Gasteiger partial charge in [0.2, 0.25) is 5.13 Å². The smallest absolute Gasteiger partial charge is 0.220 e. The topological polar surface area (TPSA) is 82.3 Å². The van der Waals surface area contributed by atoms with E-state index in [9.17, 15) is 0 Å². The molecule has 2 aromatic rings. The lowest BCUT2D eigenvalue weighted by molar-refractivity contribution is 0.397. The maximum atomic E-state index is 5.29. The van der Waals surface area contributed by atoms with Crippen molar-refractivity contribution in [3.8, 4) is 22.1 Å². The Balaban J connectivity index is 2.55. The first kappa shape index (κ1) is 11.6. The molecule has 6 nitrogen and oxygen atoms in total. The van der Waals surface area contributed by atoms with E-state index in [1.54, 1.807) is 14.2 Å². The number of benzene rings is 1. The van der Waals surface area contributed by atoms with Gasteiger partial charge >= 0.3 is 0 Å². The summed E-state index contributed by atoms with van der Waals surface area (Å²) in [7, 11) is 3.20. The maximum absolute atomic E-state index is 5.29. The molecular weight excluding hydrogens is 240 g/mol. The van der Waals surface area contributed by atoms with Crippen molar-refractivity contribution >= 4 is 16.5 Å². The summed E-state index contributed by atoms with van der Waals surface area (Å²) in [6, 6.07) is 5.54. The number of aromatic nitrogens is 2. The predicted octanol–water partition coefficient (Wildman–Crippen LogP) is 1.51. The largest absolute Gasteiger partial charge is 0.496 e. The number of nitrogens with two attached hydrogens (primary N) is 1. The van der Waals surface area contributed by atoms with Crippen LogP contribution in [-0.2, 0) is 0 Å². The molecular formula is C10H12N4O2S. The van der Waals surface area contributed by atoms with Crippen LogP contribution in [0.25, 0.3) is 10.6 Å². The molecule has 1 aromatic heterocycles. The van der Waals surface area contributed by atoms with Crippen LogP contribution in [0.3, 0.4) is 0 Å². The van der Waals surface area contributed by atoms with Gasteiger partial charge in [-0.1, -0.05) is 17.4 Å². The van der Waals surface area contributed by atoms with E-state index in [1.807, 2.05) is 18.2 Å². The van der Waals surface area contributed by atoms with Crippen LogP contribution in [0.4, 0.5) is 5.13 Å². The highest BCUT2D eigenvalue weighted by molar-refractivity contribution is 7.18. The lowest BCUT2D eigenvalue weighted by Gasteiger charge is -2.09. The molecule has 0 aliphatic carbocycles. The first-order valence-electron chi connectivity index (χ1n) is 4.81. The van der Waals surface area contributed by atoms with Gasteiger partial charge in [0.05, 0.1) is 19.8 Å². The van der Waals surface area contributed by atoms with Crippen molar-refractivity contribution in [3.05, 3.63) is 18.2 Å². The lowest BCUT2D eigenvalue weighted by Crippen LogP contribution is -2.05. The average Bonchev–Trinajstić information content (AvgIpc) is 2.86. The van der Waals surface area contributed by atoms with E-state index >= 15 is 0 Å².